The smallest absolute Gasteiger partial charge is 0.410 e. The largest absolute Gasteiger partial charge is 0.445 e. The highest BCUT2D eigenvalue weighted by Crippen LogP contribution is 2.28. The van der Waals surface area contributed by atoms with Crippen molar-refractivity contribution in [2.24, 2.45) is 0 Å². The third kappa shape index (κ3) is 3.90. The third-order valence-corrected chi connectivity index (χ3v) is 5.63. The quantitative estimate of drug-likeness (QED) is 0.603. The number of hydrogen-bond acceptors (Lipinski definition) is 3. The van der Waals surface area contributed by atoms with Crippen molar-refractivity contribution in [2.75, 3.05) is 6.54 Å². The molecule has 1 fully saturated rings. The van der Waals surface area contributed by atoms with Crippen LogP contribution >= 0.6 is 0 Å². The van der Waals surface area contributed by atoms with Crippen molar-refractivity contribution in [2.45, 2.75) is 45.3 Å². The highest BCUT2D eigenvalue weighted by molar-refractivity contribution is 6.11. The van der Waals surface area contributed by atoms with Crippen molar-refractivity contribution in [1.29, 1.82) is 0 Å². The molecular weight excluding hydrogens is 364 g/mol. The zero-order chi connectivity index (χ0) is 20.4. The number of benzene rings is 2. The molecular formula is C24H26N2O3. The molecule has 1 aromatic heterocycles. The minimum atomic E-state index is -0.472. The van der Waals surface area contributed by atoms with Crippen LogP contribution in [0.3, 0.4) is 0 Å². The average molecular weight is 390 g/mol. The summed E-state index contributed by atoms with van der Waals surface area (Å²) in [4.78, 5) is 30.8. The summed E-state index contributed by atoms with van der Waals surface area (Å²) < 4.78 is 5.47. The first kappa shape index (κ1) is 19.2. The van der Waals surface area contributed by atoms with E-state index in [9.17, 15) is 9.59 Å². The second-order valence-corrected chi connectivity index (χ2v) is 7.92. The number of carbonyl (C=O) groups is 2. The van der Waals surface area contributed by atoms with E-state index in [1.165, 1.54) is 5.56 Å². The molecule has 29 heavy (non-hydrogen) atoms. The van der Waals surface area contributed by atoms with Gasteiger partial charge in [0.25, 0.3) is 0 Å². The highest BCUT2D eigenvalue weighted by atomic mass is 16.6. The molecule has 2 aromatic carbocycles. The van der Waals surface area contributed by atoms with Crippen LogP contribution in [0.1, 0.15) is 54.1 Å². The van der Waals surface area contributed by atoms with Crippen LogP contribution < -0.4 is 0 Å². The fraction of sp³-hybridized carbons (Fsp3) is 0.333. The predicted octanol–water partition coefficient (Wildman–Crippen LogP) is 5.28. The van der Waals surface area contributed by atoms with Crippen molar-refractivity contribution in [3.63, 3.8) is 0 Å². The summed E-state index contributed by atoms with van der Waals surface area (Å²) in [5.74, 6) is 0.361. The molecule has 1 N–H and O–H groups in total. The van der Waals surface area contributed by atoms with Crippen LogP contribution in [0.15, 0.2) is 54.7 Å². The maximum atomic E-state index is 13.3. The van der Waals surface area contributed by atoms with E-state index < -0.39 is 12.1 Å². The van der Waals surface area contributed by atoms with Crippen molar-refractivity contribution < 1.29 is 14.3 Å². The van der Waals surface area contributed by atoms with Crippen LogP contribution in [0.5, 0.6) is 0 Å². The van der Waals surface area contributed by atoms with Crippen molar-refractivity contribution in [3.05, 3.63) is 71.4 Å². The van der Waals surface area contributed by atoms with Gasteiger partial charge in [-0.15, -0.1) is 0 Å². The van der Waals surface area contributed by atoms with Crippen molar-refractivity contribution >= 4 is 22.8 Å². The first-order valence-electron chi connectivity index (χ1n) is 10.2. The molecule has 1 unspecified atom stereocenters. The van der Waals surface area contributed by atoms with Crippen molar-refractivity contribution in [3.8, 4) is 0 Å². The Labute approximate surface area is 170 Å². The molecule has 0 spiro atoms. The number of likely N-dealkylation sites (tertiary alicyclic amines) is 1. The molecule has 150 valence electrons. The van der Waals surface area contributed by atoms with Crippen molar-refractivity contribution in [1.82, 2.24) is 9.88 Å². The van der Waals surface area contributed by atoms with E-state index in [1.807, 2.05) is 36.4 Å². The number of aromatic nitrogens is 1. The minimum absolute atomic E-state index is 0.0219. The molecule has 1 atom stereocenters. The van der Waals surface area contributed by atoms with E-state index in [0.717, 1.165) is 22.9 Å². The molecule has 1 aliphatic heterocycles. The lowest BCUT2D eigenvalue weighted by Gasteiger charge is -2.23. The lowest BCUT2D eigenvalue weighted by Crippen LogP contribution is -2.40. The van der Waals surface area contributed by atoms with Crippen LogP contribution in [0.2, 0.25) is 0 Å². The van der Waals surface area contributed by atoms with Crippen LogP contribution in [-0.2, 0) is 11.3 Å². The number of Topliss-reactive ketones (excluding diaryl/α,β-unsaturated/α-hetero) is 1. The molecule has 0 aliphatic carbocycles. The summed E-state index contributed by atoms with van der Waals surface area (Å²) in [6.45, 7) is 5.03. The van der Waals surface area contributed by atoms with Gasteiger partial charge in [0.2, 0.25) is 0 Å². The monoisotopic (exact) mass is 390 g/mol. The molecule has 5 heteroatoms. The Morgan fingerprint density at radius 2 is 1.97 bits per heavy atom. The van der Waals surface area contributed by atoms with Crippen LogP contribution in [-0.4, -0.2) is 34.3 Å². The van der Waals surface area contributed by atoms with Gasteiger partial charge in [-0.1, -0.05) is 50.2 Å². The maximum absolute atomic E-state index is 13.3. The molecule has 4 rings (SSSR count). The zero-order valence-electron chi connectivity index (χ0n) is 16.9. The van der Waals surface area contributed by atoms with Crippen LogP contribution in [0, 0.1) is 0 Å². The Balaban J connectivity index is 1.52. The summed E-state index contributed by atoms with van der Waals surface area (Å²) in [6.07, 6.45) is 2.81. The fourth-order valence-corrected chi connectivity index (χ4v) is 3.94. The van der Waals surface area contributed by atoms with Gasteiger partial charge >= 0.3 is 6.09 Å². The number of carbonyl (C=O) groups excluding carboxylic acids is 2. The van der Waals surface area contributed by atoms with Gasteiger partial charge in [0.05, 0.1) is 6.04 Å². The number of amides is 1. The number of rotatable bonds is 5. The summed E-state index contributed by atoms with van der Waals surface area (Å²) in [6, 6.07) is 15.3. The normalized spacial score (nSPS) is 16.5. The van der Waals surface area contributed by atoms with E-state index in [1.54, 1.807) is 11.1 Å². The standard InChI is InChI=1S/C24H26N2O3/c1-16(2)18-10-11-21-19(13-18)20(14-25-21)23(27)22-9-6-12-26(22)24(28)29-15-17-7-4-3-5-8-17/h3-5,7-8,10-11,13-14,16,22,25H,6,9,12,15H2,1-2H3. The summed E-state index contributed by atoms with van der Waals surface area (Å²) in [5, 5.41) is 0.922. The van der Waals surface area contributed by atoms with Gasteiger partial charge in [0.15, 0.2) is 5.78 Å². The number of aromatic amines is 1. The average Bonchev–Trinajstić information content (AvgIpc) is 3.39. The van der Waals surface area contributed by atoms with Crippen LogP contribution in [0.25, 0.3) is 10.9 Å². The first-order valence-corrected chi connectivity index (χ1v) is 10.2. The fourth-order valence-electron chi connectivity index (χ4n) is 3.94. The Morgan fingerprint density at radius 1 is 1.17 bits per heavy atom. The van der Waals surface area contributed by atoms with Gasteiger partial charge in [-0.25, -0.2) is 4.79 Å². The molecule has 1 saturated heterocycles. The Hall–Kier alpha value is -3.08. The molecule has 0 saturated carbocycles. The molecule has 1 aliphatic rings. The van der Waals surface area contributed by atoms with E-state index in [2.05, 4.69) is 31.0 Å². The van der Waals surface area contributed by atoms with Crippen LogP contribution in [0.4, 0.5) is 4.79 Å². The molecule has 2 heterocycles. The second kappa shape index (κ2) is 8.11. The molecule has 3 aromatic rings. The number of H-pyrrole nitrogens is 1. The minimum Gasteiger partial charge on any atom is -0.445 e. The maximum Gasteiger partial charge on any atom is 0.410 e. The lowest BCUT2D eigenvalue weighted by atomic mass is 9.97. The Bertz CT molecular complexity index is 1020. The number of fused-ring (bicyclic) bond motifs is 1. The zero-order valence-corrected chi connectivity index (χ0v) is 16.9. The third-order valence-electron chi connectivity index (χ3n) is 5.63. The molecule has 0 radical (unpaired) electrons. The van der Waals surface area contributed by atoms with Gasteiger partial charge in [-0.3, -0.25) is 9.69 Å². The van der Waals surface area contributed by atoms with Gasteiger partial charge in [0, 0.05) is 29.2 Å². The number of hydrogen-bond donors (Lipinski definition) is 1. The first-order chi connectivity index (χ1) is 14.0. The number of nitrogens with zero attached hydrogens (tertiary/aromatic N) is 1. The summed E-state index contributed by atoms with van der Waals surface area (Å²) in [5.41, 5.74) is 3.71. The predicted molar refractivity (Wildman–Crippen MR) is 113 cm³/mol. The lowest BCUT2D eigenvalue weighted by molar-refractivity contribution is 0.0739. The number of ether oxygens (including phenoxy) is 1. The van der Waals surface area contributed by atoms with E-state index in [-0.39, 0.29) is 12.4 Å². The molecule has 1 amide bonds. The topological polar surface area (TPSA) is 62.4 Å². The van der Waals surface area contributed by atoms with E-state index in [0.29, 0.717) is 24.4 Å². The van der Waals surface area contributed by atoms with E-state index in [4.69, 9.17) is 4.74 Å². The summed E-state index contributed by atoms with van der Waals surface area (Å²) in [7, 11) is 0. The Kier molecular flexibility index (Phi) is 5.38. The van der Waals surface area contributed by atoms with Gasteiger partial charge in [-0.05, 0) is 42.0 Å². The summed E-state index contributed by atoms with van der Waals surface area (Å²) >= 11 is 0. The van der Waals surface area contributed by atoms with Gasteiger partial charge < -0.3 is 9.72 Å². The molecule has 0 bridgehead atoms. The SMILES string of the molecule is CC(C)c1ccc2[nH]cc(C(=O)C3CCCN3C(=O)OCc3ccccc3)c2c1. The highest BCUT2D eigenvalue weighted by Gasteiger charge is 2.36. The molecule has 5 nitrogen and oxygen atoms in total. The Morgan fingerprint density at radius 3 is 2.72 bits per heavy atom. The number of ketones is 1. The second-order valence-electron chi connectivity index (χ2n) is 7.92. The van der Waals surface area contributed by atoms with E-state index >= 15 is 0 Å². The van der Waals surface area contributed by atoms with Gasteiger partial charge in [0.1, 0.15) is 6.61 Å². The number of nitrogens with one attached hydrogen (secondary N) is 1. The van der Waals surface area contributed by atoms with Gasteiger partial charge in [-0.2, -0.15) is 0 Å².